The standard InChI is InChI=1S/C20H26N4O3/c1-20(2,3)22-18(25)16-9-13-7-5-6-8-14(13)11-24(16)12-15-10-21-23-17(15)19(26)27-4/h5-8,10,16H,9,11-12H2,1-4H3,(H,21,23)(H,22,25)/t16-/m0/s1. The van der Waals surface area contributed by atoms with Crippen LogP contribution in [0, 0.1) is 0 Å². The zero-order chi connectivity index (χ0) is 19.6. The van der Waals surface area contributed by atoms with Crippen molar-refractivity contribution >= 4 is 11.9 Å². The van der Waals surface area contributed by atoms with Crippen LogP contribution in [0.3, 0.4) is 0 Å². The van der Waals surface area contributed by atoms with E-state index < -0.39 is 5.97 Å². The number of H-pyrrole nitrogens is 1. The van der Waals surface area contributed by atoms with Gasteiger partial charge in [0.25, 0.3) is 0 Å². The highest BCUT2D eigenvalue weighted by molar-refractivity contribution is 5.88. The van der Waals surface area contributed by atoms with Gasteiger partial charge in [-0.05, 0) is 38.3 Å². The Balaban J connectivity index is 1.89. The van der Waals surface area contributed by atoms with Crippen LogP contribution in [0.4, 0.5) is 0 Å². The molecule has 0 saturated carbocycles. The average molecular weight is 370 g/mol. The number of amides is 1. The molecule has 2 heterocycles. The van der Waals surface area contributed by atoms with Crippen molar-refractivity contribution in [3.8, 4) is 0 Å². The number of methoxy groups -OCH3 is 1. The summed E-state index contributed by atoms with van der Waals surface area (Å²) < 4.78 is 4.81. The van der Waals surface area contributed by atoms with Crippen LogP contribution in [-0.4, -0.2) is 45.7 Å². The van der Waals surface area contributed by atoms with Crippen molar-refractivity contribution in [2.24, 2.45) is 0 Å². The second kappa shape index (κ2) is 7.52. The fourth-order valence-corrected chi connectivity index (χ4v) is 3.38. The highest BCUT2D eigenvalue weighted by atomic mass is 16.5. The molecule has 1 amide bonds. The smallest absolute Gasteiger partial charge is 0.356 e. The number of ether oxygens (including phenoxy) is 1. The van der Waals surface area contributed by atoms with E-state index in [-0.39, 0.29) is 17.5 Å². The topological polar surface area (TPSA) is 87.3 Å². The number of rotatable bonds is 4. The number of carbonyl (C=O) groups is 2. The first kappa shape index (κ1) is 19.1. The number of aromatic amines is 1. The number of carbonyl (C=O) groups excluding carboxylic acids is 2. The molecular formula is C20H26N4O3. The van der Waals surface area contributed by atoms with Crippen molar-refractivity contribution in [1.29, 1.82) is 0 Å². The second-order valence-electron chi connectivity index (χ2n) is 7.89. The molecule has 1 aliphatic rings. The number of nitrogens with zero attached hydrogens (tertiary/aromatic N) is 2. The van der Waals surface area contributed by atoms with Crippen molar-refractivity contribution in [2.75, 3.05) is 7.11 Å². The lowest BCUT2D eigenvalue weighted by atomic mass is 9.92. The second-order valence-corrected chi connectivity index (χ2v) is 7.89. The van der Waals surface area contributed by atoms with E-state index in [9.17, 15) is 9.59 Å². The van der Waals surface area contributed by atoms with E-state index in [4.69, 9.17) is 4.74 Å². The van der Waals surface area contributed by atoms with Crippen molar-refractivity contribution in [3.05, 3.63) is 52.8 Å². The molecule has 0 aliphatic carbocycles. The van der Waals surface area contributed by atoms with E-state index in [0.717, 1.165) is 5.56 Å². The molecule has 0 saturated heterocycles. The first-order valence-electron chi connectivity index (χ1n) is 9.02. The molecule has 0 radical (unpaired) electrons. The summed E-state index contributed by atoms with van der Waals surface area (Å²) >= 11 is 0. The molecule has 1 atom stereocenters. The summed E-state index contributed by atoms with van der Waals surface area (Å²) in [6.45, 7) is 6.97. The van der Waals surface area contributed by atoms with Crippen molar-refractivity contribution in [1.82, 2.24) is 20.4 Å². The van der Waals surface area contributed by atoms with Gasteiger partial charge in [0.2, 0.25) is 5.91 Å². The molecule has 1 aromatic heterocycles. The first-order chi connectivity index (χ1) is 12.8. The summed E-state index contributed by atoms with van der Waals surface area (Å²) in [6, 6.07) is 7.83. The number of nitrogens with one attached hydrogen (secondary N) is 2. The van der Waals surface area contributed by atoms with Gasteiger partial charge in [0.15, 0.2) is 0 Å². The Morgan fingerprint density at radius 1 is 1.30 bits per heavy atom. The fraction of sp³-hybridized carbons (Fsp3) is 0.450. The molecule has 0 spiro atoms. The van der Waals surface area contributed by atoms with Crippen LogP contribution >= 0.6 is 0 Å². The summed E-state index contributed by atoms with van der Waals surface area (Å²) in [7, 11) is 1.34. The normalized spacial score (nSPS) is 17.3. The third-order valence-electron chi connectivity index (χ3n) is 4.63. The summed E-state index contributed by atoms with van der Waals surface area (Å²) in [5.74, 6) is -0.476. The average Bonchev–Trinajstić information content (AvgIpc) is 3.07. The molecule has 0 bridgehead atoms. The van der Waals surface area contributed by atoms with Crippen LogP contribution in [0.1, 0.15) is 48.0 Å². The van der Waals surface area contributed by atoms with Crippen LogP contribution in [0.2, 0.25) is 0 Å². The first-order valence-corrected chi connectivity index (χ1v) is 9.02. The van der Waals surface area contributed by atoms with Crippen LogP contribution in [0.15, 0.2) is 30.5 Å². The SMILES string of the molecule is COC(=O)c1[nH]ncc1CN1Cc2ccccc2C[C@H]1C(=O)NC(C)(C)C. The zero-order valence-electron chi connectivity index (χ0n) is 16.2. The van der Waals surface area contributed by atoms with Gasteiger partial charge in [0.1, 0.15) is 5.69 Å². The van der Waals surface area contributed by atoms with E-state index >= 15 is 0 Å². The van der Waals surface area contributed by atoms with Gasteiger partial charge in [0.05, 0.1) is 19.3 Å². The highest BCUT2D eigenvalue weighted by Crippen LogP contribution is 2.26. The predicted molar refractivity (Wildman–Crippen MR) is 101 cm³/mol. The minimum absolute atomic E-state index is 0.0138. The lowest BCUT2D eigenvalue weighted by molar-refractivity contribution is -0.128. The van der Waals surface area contributed by atoms with Crippen molar-refractivity contribution < 1.29 is 14.3 Å². The van der Waals surface area contributed by atoms with E-state index in [1.54, 1.807) is 6.20 Å². The van der Waals surface area contributed by atoms with Gasteiger partial charge in [-0.25, -0.2) is 4.79 Å². The molecule has 27 heavy (non-hydrogen) atoms. The van der Waals surface area contributed by atoms with Gasteiger partial charge in [-0.2, -0.15) is 5.10 Å². The van der Waals surface area contributed by atoms with Gasteiger partial charge in [0, 0.05) is 24.2 Å². The molecule has 1 aliphatic heterocycles. The predicted octanol–water partition coefficient (Wildman–Crippen LogP) is 2.04. The largest absolute Gasteiger partial charge is 0.464 e. The van der Waals surface area contributed by atoms with Crippen LogP contribution in [0.5, 0.6) is 0 Å². The van der Waals surface area contributed by atoms with Crippen LogP contribution in [0.25, 0.3) is 0 Å². The Bertz CT molecular complexity index is 838. The molecule has 1 aromatic carbocycles. The molecular weight excluding hydrogens is 344 g/mol. The molecule has 2 aromatic rings. The number of esters is 1. The molecule has 7 nitrogen and oxygen atoms in total. The monoisotopic (exact) mass is 370 g/mol. The summed E-state index contributed by atoms with van der Waals surface area (Å²) in [5, 5.41) is 9.76. The lowest BCUT2D eigenvalue weighted by Crippen LogP contribution is -2.54. The van der Waals surface area contributed by atoms with Gasteiger partial charge < -0.3 is 10.1 Å². The van der Waals surface area contributed by atoms with Gasteiger partial charge in [-0.15, -0.1) is 0 Å². The number of hydrogen-bond donors (Lipinski definition) is 2. The molecule has 3 rings (SSSR count). The van der Waals surface area contributed by atoms with E-state index in [0.29, 0.717) is 25.2 Å². The Morgan fingerprint density at radius 2 is 2.00 bits per heavy atom. The lowest BCUT2D eigenvalue weighted by Gasteiger charge is -2.37. The molecule has 0 fully saturated rings. The summed E-state index contributed by atoms with van der Waals surface area (Å²) in [4.78, 5) is 27.0. The minimum Gasteiger partial charge on any atom is -0.464 e. The summed E-state index contributed by atoms with van der Waals surface area (Å²) in [6.07, 6.45) is 2.25. The third kappa shape index (κ3) is 4.36. The minimum atomic E-state index is -0.462. The highest BCUT2D eigenvalue weighted by Gasteiger charge is 2.34. The Morgan fingerprint density at radius 3 is 2.67 bits per heavy atom. The Labute approximate surface area is 159 Å². The third-order valence-corrected chi connectivity index (χ3v) is 4.63. The van der Waals surface area contributed by atoms with Crippen molar-refractivity contribution in [2.45, 2.75) is 51.9 Å². The Hall–Kier alpha value is -2.67. The van der Waals surface area contributed by atoms with Crippen LogP contribution < -0.4 is 5.32 Å². The van der Waals surface area contributed by atoms with Gasteiger partial charge in [-0.1, -0.05) is 24.3 Å². The maximum absolute atomic E-state index is 13.0. The number of hydrogen-bond acceptors (Lipinski definition) is 5. The fourth-order valence-electron chi connectivity index (χ4n) is 3.38. The molecule has 0 unspecified atom stereocenters. The van der Waals surface area contributed by atoms with Crippen LogP contribution in [-0.2, 0) is 29.0 Å². The van der Waals surface area contributed by atoms with Gasteiger partial charge >= 0.3 is 5.97 Å². The summed E-state index contributed by atoms with van der Waals surface area (Å²) in [5.41, 5.74) is 3.11. The number of fused-ring (bicyclic) bond motifs is 1. The quantitative estimate of drug-likeness (QED) is 0.804. The molecule has 7 heteroatoms. The van der Waals surface area contributed by atoms with Crippen molar-refractivity contribution in [3.63, 3.8) is 0 Å². The maximum Gasteiger partial charge on any atom is 0.356 e. The number of aromatic nitrogens is 2. The van der Waals surface area contributed by atoms with Gasteiger partial charge in [-0.3, -0.25) is 14.8 Å². The Kier molecular flexibility index (Phi) is 5.32. The maximum atomic E-state index is 13.0. The number of benzene rings is 1. The molecule has 144 valence electrons. The van der Waals surface area contributed by atoms with E-state index in [1.165, 1.54) is 18.2 Å². The zero-order valence-corrected chi connectivity index (χ0v) is 16.2. The van der Waals surface area contributed by atoms with E-state index in [2.05, 4.69) is 32.5 Å². The van der Waals surface area contributed by atoms with E-state index in [1.807, 2.05) is 32.9 Å². The molecule has 2 N–H and O–H groups in total.